The Morgan fingerprint density at radius 3 is 3.00 bits per heavy atom. The maximum absolute atomic E-state index is 8.46. The summed E-state index contributed by atoms with van der Waals surface area (Å²) in [5, 5.41) is 12.6. The lowest BCUT2D eigenvalue weighted by Crippen LogP contribution is -2.11. The molecule has 1 rings (SSSR count). The van der Waals surface area contributed by atoms with Crippen LogP contribution in [0.25, 0.3) is 0 Å². The molecule has 0 saturated heterocycles. The predicted octanol–water partition coefficient (Wildman–Crippen LogP) is -0.693. The van der Waals surface area contributed by atoms with Gasteiger partial charge >= 0.3 is 0 Å². The Labute approximate surface area is 82.7 Å². The Morgan fingerprint density at radius 1 is 1.64 bits per heavy atom. The first kappa shape index (κ1) is 11.1. The third kappa shape index (κ3) is 3.41. The molecule has 0 aliphatic carbocycles. The number of nitrogens with zero attached hydrogens (tertiary/aromatic N) is 3. The van der Waals surface area contributed by atoms with Crippen molar-refractivity contribution in [3.63, 3.8) is 0 Å². The molecule has 6 heteroatoms. The second kappa shape index (κ2) is 5.69. The highest BCUT2D eigenvalue weighted by Gasteiger charge is 2.04. The van der Waals surface area contributed by atoms with Gasteiger partial charge in [-0.05, 0) is 6.92 Å². The maximum Gasteiger partial charge on any atom is 0.166 e. The summed E-state index contributed by atoms with van der Waals surface area (Å²) >= 11 is 0. The molecule has 0 spiro atoms. The molecule has 0 aliphatic heterocycles. The van der Waals surface area contributed by atoms with E-state index in [1.54, 1.807) is 11.0 Å². The van der Waals surface area contributed by atoms with E-state index in [-0.39, 0.29) is 12.6 Å². The Balaban J connectivity index is 2.29. The molecule has 0 fully saturated rings. The van der Waals surface area contributed by atoms with Crippen LogP contribution in [0.2, 0.25) is 0 Å². The van der Waals surface area contributed by atoms with Gasteiger partial charge in [-0.15, -0.1) is 0 Å². The van der Waals surface area contributed by atoms with Gasteiger partial charge in [0.05, 0.1) is 32.4 Å². The SMILES string of the molecule is CC(N)c1ncn(CCOCCO)n1. The zero-order valence-corrected chi connectivity index (χ0v) is 8.26. The topological polar surface area (TPSA) is 86.2 Å². The van der Waals surface area contributed by atoms with Gasteiger partial charge in [-0.3, -0.25) is 4.68 Å². The molecule has 0 aliphatic rings. The van der Waals surface area contributed by atoms with Crippen LogP contribution in [-0.4, -0.2) is 39.7 Å². The summed E-state index contributed by atoms with van der Waals surface area (Å²) in [6.07, 6.45) is 1.63. The molecular formula is C8H16N4O2. The quantitative estimate of drug-likeness (QED) is 0.593. The molecule has 0 radical (unpaired) electrons. The first-order valence-corrected chi connectivity index (χ1v) is 4.57. The lowest BCUT2D eigenvalue weighted by molar-refractivity contribution is 0.0853. The van der Waals surface area contributed by atoms with Gasteiger partial charge in [0.25, 0.3) is 0 Å². The molecule has 6 nitrogen and oxygen atoms in total. The van der Waals surface area contributed by atoms with E-state index in [2.05, 4.69) is 10.1 Å². The largest absolute Gasteiger partial charge is 0.394 e. The van der Waals surface area contributed by atoms with E-state index in [9.17, 15) is 0 Å². The lowest BCUT2D eigenvalue weighted by atomic mass is 10.4. The first-order valence-electron chi connectivity index (χ1n) is 4.57. The normalized spacial score (nSPS) is 13.1. The second-order valence-corrected chi connectivity index (χ2v) is 2.99. The van der Waals surface area contributed by atoms with E-state index < -0.39 is 0 Å². The van der Waals surface area contributed by atoms with Crippen LogP contribution in [0.4, 0.5) is 0 Å². The van der Waals surface area contributed by atoms with E-state index in [0.717, 1.165) is 0 Å². The summed E-state index contributed by atoms with van der Waals surface area (Å²) in [5.41, 5.74) is 5.60. The Hall–Kier alpha value is -0.980. The summed E-state index contributed by atoms with van der Waals surface area (Å²) < 4.78 is 6.76. The zero-order chi connectivity index (χ0) is 10.4. The molecule has 1 unspecified atom stereocenters. The number of aliphatic hydroxyl groups is 1. The van der Waals surface area contributed by atoms with Gasteiger partial charge in [0.2, 0.25) is 0 Å². The summed E-state index contributed by atoms with van der Waals surface area (Å²) in [6.45, 7) is 3.38. The predicted molar refractivity (Wildman–Crippen MR) is 50.5 cm³/mol. The molecule has 14 heavy (non-hydrogen) atoms. The second-order valence-electron chi connectivity index (χ2n) is 2.99. The van der Waals surface area contributed by atoms with Gasteiger partial charge < -0.3 is 15.6 Å². The number of aliphatic hydroxyl groups excluding tert-OH is 1. The fourth-order valence-electron chi connectivity index (χ4n) is 0.950. The lowest BCUT2D eigenvalue weighted by Gasteiger charge is -2.01. The van der Waals surface area contributed by atoms with Crippen molar-refractivity contribution >= 4 is 0 Å². The van der Waals surface area contributed by atoms with E-state index in [4.69, 9.17) is 15.6 Å². The number of ether oxygens (including phenoxy) is 1. The van der Waals surface area contributed by atoms with Gasteiger partial charge in [0.1, 0.15) is 6.33 Å². The fraction of sp³-hybridized carbons (Fsp3) is 0.750. The molecule has 0 bridgehead atoms. The highest BCUT2D eigenvalue weighted by Crippen LogP contribution is 2.00. The van der Waals surface area contributed by atoms with Crippen LogP contribution in [0.5, 0.6) is 0 Å². The minimum Gasteiger partial charge on any atom is -0.394 e. The average molecular weight is 200 g/mol. The monoisotopic (exact) mass is 200 g/mol. The average Bonchev–Trinajstić information content (AvgIpc) is 2.61. The summed E-state index contributed by atoms with van der Waals surface area (Å²) in [7, 11) is 0. The fourth-order valence-corrected chi connectivity index (χ4v) is 0.950. The summed E-state index contributed by atoms with van der Waals surface area (Å²) in [5.74, 6) is 0.632. The molecule has 3 N–H and O–H groups in total. The summed E-state index contributed by atoms with van der Waals surface area (Å²) in [4.78, 5) is 4.04. The number of rotatable bonds is 6. The molecule has 0 aromatic carbocycles. The van der Waals surface area contributed by atoms with Gasteiger partial charge in [-0.2, -0.15) is 5.10 Å². The van der Waals surface area contributed by atoms with Crippen molar-refractivity contribution in [2.24, 2.45) is 5.73 Å². The Bertz CT molecular complexity index is 262. The molecule has 80 valence electrons. The standard InChI is InChI=1S/C8H16N4O2/c1-7(9)8-10-6-12(11-8)2-4-14-5-3-13/h6-7,13H,2-5,9H2,1H3. The van der Waals surface area contributed by atoms with E-state index in [1.807, 2.05) is 6.92 Å². The van der Waals surface area contributed by atoms with Crippen LogP contribution in [0.3, 0.4) is 0 Å². The van der Waals surface area contributed by atoms with Crippen molar-refractivity contribution in [2.75, 3.05) is 19.8 Å². The smallest absolute Gasteiger partial charge is 0.166 e. The van der Waals surface area contributed by atoms with Crippen molar-refractivity contribution in [3.8, 4) is 0 Å². The Morgan fingerprint density at radius 2 is 2.43 bits per heavy atom. The van der Waals surface area contributed by atoms with E-state index >= 15 is 0 Å². The number of hydrogen-bond acceptors (Lipinski definition) is 5. The highest BCUT2D eigenvalue weighted by molar-refractivity contribution is 4.87. The third-order valence-corrected chi connectivity index (χ3v) is 1.66. The Kier molecular flexibility index (Phi) is 4.51. The van der Waals surface area contributed by atoms with Crippen LogP contribution in [0, 0.1) is 0 Å². The highest BCUT2D eigenvalue weighted by atomic mass is 16.5. The van der Waals surface area contributed by atoms with Crippen molar-refractivity contribution in [3.05, 3.63) is 12.2 Å². The van der Waals surface area contributed by atoms with E-state index in [1.165, 1.54) is 0 Å². The number of aromatic nitrogens is 3. The van der Waals surface area contributed by atoms with Gasteiger partial charge in [0, 0.05) is 0 Å². The van der Waals surface area contributed by atoms with Crippen LogP contribution >= 0.6 is 0 Å². The van der Waals surface area contributed by atoms with Crippen molar-refractivity contribution in [1.29, 1.82) is 0 Å². The zero-order valence-electron chi connectivity index (χ0n) is 8.26. The minimum atomic E-state index is -0.144. The molecule has 0 saturated carbocycles. The van der Waals surface area contributed by atoms with Gasteiger partial charge in [-0.1, -0.05) is 0 Å². The minimum absolute atomic E-state index is 0.0441. The number of hydrogen-bond donors (Lipinski definition) is 2. The first-order chi connectivity index (χ1) is 6.74. The number of nitrogens with two attached hydrogens (primary N) is 1. The molecule has 1 heterocycles. The van der Waals surface area contributed by atoms with Crippen molar-refractivity contribution < 1.29 is 9.84 Å². The molecule has 1 aromatic rings. The summed E-state index contributed by atoms with van der Waals surface area (Å²) in [6, 6.07) is -0.144. The van der Waals surface area contributed by atoms with Crippen molar-refractivity contribution in [1.82, 2.24) is 14.8 Å². The van der Waals surface area contributed by atoms with Gasteiger partial charge in [0.15, 0.2) is 5.82 Å². The molecular weight excluding hydrogens is 184 g/mol. The van der Waals surface area contributed by atoms with Crippen LogP contribution in [0.15, 0.2) is 6.33 Å². The van der Waals surface area contributed by atoms with Crippen LogP contribution in [0.1, 0.15) is 18.8 Å². The van der Waals surface area contributed by atoms with Gasteiger partial charge in [-0.25, -0.2) is 4.98 Å². The van der Waals surface area contributed by atoms with Crippen molar-refractivity contribution in [2.45, 2.75) is 19.5 Å². The molecule has 1 aromatic heterocycles. The third-order valence-electron chi connectivity index (χ3n) is 1.66. The van der Waals surface area contributed by atoms with Crippen LogP contribution < -0.4 is 5.73 Å². The van der Waals surface area contributed by atoms with E-state index in [0.29, 0.717) is 25.6 Å². The molecule has 0 amide bonds. The maximum atomic E-state index is 8.46. The molecule has 1 atom stereocenters. The van der Waals surface area contributed by atoms with Crippen LogP contribution in [-0.2, 0) is 11.3 Å².